The molecule has 0 spiro atoms. The first-order chi connectivity index (χ1) is 9.22. The molecule has 1 aliphatic rings. The normalized spacial score (nSPS) is 25.6. The van der Waals surface area contributed by atoms with Crippen molar-refractivity contribution >= 4 is 11.9 Å². The van der Waals surface area contributed by atoms with Crippen LogP contribution in [0.1, 0.15) is 58.3 Å². The van der Waals surface area contributed by atoms with E-state index in [1.54, 1.807) is 0 Å². The molecular formula is C15H25NO3. The van der Waals surface area contributed by atoms with Gasteiger partial charge in [0.05, 0.1) is 0 Å². The summed E-state index contributed by atoms with van der Waals surface area (Å²) in [5, 5.41) is 2.86. The molecule has 0 saturated heterocycles. The van der Waals surface area contributed by atoms with Gasteiger partial charge in [-0.15, -0.1) is 0 Å². The molecule has 0 bridgehead atoms. The summed E-state index contributed by atoms with van der Waals surface area (Å²) in [4.78, 5) is 23.2. The molecule has 4 nitrogen and oxygen atoms in total. The van der Waals surface area contributed by atoms with Crippen LogP contribution in [0.5, 0.6) is 0 Å². The number of carbonyl (C=O) groups is 2. The zero-order valence-electron chi connectivity index (χ0n) is 11.8. The van der Waals surface area contributed by atoms with Gasteiger partial charge in [-0.3, -0.25) is 9.59 Å². The maximum Gasteiger partial charge on any atom is 0.306 e. The Kier molecular flexibility index (Phi) is 7.94. The van der Waals surface area contributed by atoms with Gasteiger partial charge in [0, 0.05) is 19.4 Å². The van der Waals surface area contributed by atoms with Gasteiger partial charge in [0.1, 0.15) is 6.10 Å². The van der Waals surface area contributed by atoms with Gasteiger partial charge in [-0.05, 0) is 38.5 Å². The molecule has 1 aliphatic heterocycles. The van der Waals surface area contributed by atoms with E-state index in [0.717, 1.165) is 38.5 Å². The maximum atomic E-state index is 11.6. The number of allylic oxidation sites excluding steroid dienone is 1. The number of carbonyl (C=O) groups excluding carboxylic acids is 2. The fraction of sp³-hybridized carbons (Fsp3) is 0.733. The lowest BCUT2D eigenvalue weighted by molar-refractivity contribution is -0.149. The zero-order chi connectivity index (χ0) is 13.9. The van der Waals surface area contributed by atoms with Crippen LogP contribution in [0.3, 0.4) is 0 Å². The van der Waals surface area contributed by atoms with Crippen molar-refractivity contribution in [2.24, 2.45) is 0 Å². The Bertz CT molecular complexity index is 313. The third-order valence-corrected chi connectivity index (χ3v) is 3.27. The number of nitrogens with one attached hydrogen (secondary N) is 1. The largest absolute Gasteiger partial charge is 0.462 e. The molecule has 0 aromatic heterocycles. The Hall–Kier alpha value is -1.32. The molecule has 108 valence electrons. The minimum Gasteiger partial charge on any atom is -0.462 e. The molecule has 4 heteroatoms. The monoisotopic (exact) mass is 267 g/mol. The molecule has 19 heavy (non-hydrogen) atoms. The van der Waals surface area contributed by atoms with Crippen LogP contribution in [-0.4, -0.2) is 24.5 Å². The molecule has 0 saturated carbocycles. The first-order valence-electron chi connectivity index (χ1n) is 7.33. The van der Waals surface area contributed by atoms with E-state index in [0.29, 0.717) is 19.4 Å². The zero-order valence-corrected chi connectivity index (χ0v) is 11.8. The van der Waals surface area contributed by atoms with Gasteiger partial charge >= 0.3 is 5.97 Å². The predicted molar refractivity (Wildman–Crippen MR) is 74.6 cm³/mol. The third-order valence-electron chi connectivity index (χ3n) is 3.27. The van der Waals surface area contributed by atoms with Gasteiger partial charge in [0.15, 0.2) is 0 Å². The summed E-state index contributed by atoms with van der Waals surface area (Å²) in [6.45, 7) is 2.61. The number of cyclic esters (lactones) is 1. The highest BCUT2D eigenvalue weighted by Gasteiger charge is 2.13. The highest BCUT2D eigenvalue weighted by atomic mass is 16.5. The molecule has 0 fully saturated rings. The highest BCUT2D eigenvalue weighted by molar-refractivity contribution is 5.75. The summed E-state index contributed by atoms with van der Waals surface area (Å²) in [5.41, 5.74) is 0. The maximum absolute atomic E-state index is 11.6. The number of hydrogen-bond donors (Lipinski definition) is 1. The van der Waals surface area contributed by atoms with E-state index in [2.05, 4.69) is 11.4 Å². The van der Waals surface area contributed by atoms with Crippen molar-refractivity contribution in [3.63, 3.8) is 0 Å². The number of hydrogen-bond acceptors (Lipinski definition) is 3. The lowest BCUT2D eigenvalue weighted by Gasteiger charge is -2.15. The van der Waals surface area contributed by atoms with Crippen molar-refractivity contribution in [2.45, 2.75) is 64.4 Å². The molecule has 1 N–H and O–H groups in total. The molecule has 1 unspecified atom stereocenters. The van der Waals surface area contributed by atoms with Crippen molar-refractivity contribution in [3.8, 4) is 0 Å². The SMILES string of the molecule is CCC1CCCC(=O)NC/C=C\CCCCC(=O)O1. The van der Waals surface area contributed by atoms with Crippen LogP contribution >= 0.6 is 0 Å². The Morgan fingerprint density at radius 3 is 2.84 bits per heavy atom. The standard InChI is InChI=1S/C15H25NO3/c1-2-13-9-8-10-14(17)16-12-7-5-3-4-6-11-15(18)19-13/h5,7,13H,2-4,6,8-12H2,1H3,(H,16,17)/b7-5-. The molecule has 0 radical (unpaired) electrons. The highest BCUT2D eigenvalue weighted by Crippen LogP contribution is 2.11. The summed E-state index contributed by atoms with van der Waals surface area (Å²) in [5.74, 6) is -0.0316. The summed E-state index contributed by atoms with van der Waals surface area (Å²) >= 11 is 0. The lowest BCUT2D eigenvalue weighted by atomic mass is 10.1. The Labute approximate surface area is 115 Å². The minimum atomic E-state index is -0.102. The van der Waals surface area contributed by atoms with E-state index < -0.39 is 0 Å². The molecule has 1 amide bonds. The molecule has 0 aromatic carbocycles. The number of amides is 1. The van der Waals surface area contributed by atoms with Gasteiger partial charge in [0.2, 0.25) is 5.91 Å². The second-order valence-electron chi connectivity index (χ2n) is 4.93. The second-order valence-corrected chi connectivity index (χ2v) is 4.93. The summed E-state index contributed by atoms with van der Waals surface area (Å²) in [7, 11) is 0. The van der Waals surface area contributed by atoms with E-state index in [-0.39, 0.29) is 18.0 Å². The molecule has 1 atom stereocenters. The Balaban J connectivity index is 2.45. The quantitative estimate of drug-likeness (QED) is 0.587. The van der Waals surface area contributed by atoms with Gasteiger partial charge in [-0.1, -0.05) is 19.1 Å². The second kappa shape index (κ2) is 9.59. The van der Waals surface area contributed by atoms with E-state index in [9.17, 15) is 9.59 Å². The topological polar surface area (TPSA) is 55.4 Å². The molecule has 0 aromatic rings. The van der Waals surface area contributed by atoms with Crippen LogP contribution in [0.4, 0.5) is 0 Å². The van der Waals surface area contributed by atoms with Gasteiger partial charge in [0.25, 0.3) is 0 Å². The van der Waals surface area contributed by atoms with E-state index in [4.69, 9.17) is 4.74 Å². The average molecular weight is 267 g/mol. The summed E-state index contributed by atoms with van der Waals surface area (Å²) in [6.07, 6.45) is 10.1. The smallest absolute Gasteiger partial charge is 0.306 e. The van der Waals surface area contributed by atoms with Crippen molar-refractivity contribution in [1.29, 1.82) is 0 Å². The average Bonchev–Trinajstić information content (AvgIpc) is 2.40. The fourth-order valence-electron chi connectivity index (χ4n) is 2.08. The first-order valence-corrected chi connectivity index (χ1v) is 7.33. The van der Waals surface area contributed by atoms with Crippen LogP contribution in [-0.2, 0) is 14.3 Å². The van der Waals surface area contributed by atoms with Crippen LogP contribution in [0, 0.1) is 0 Å². The first kappa shape index (κ1) is 15.7. The fourth-order valence-corrected chi connectivity index (χ4v) is 2.08. The van der Waals surface area contributed by atoms with Gasteiger partial charge < -0.3 is 10.1 Å². The molecule has 1 rings (SSSR count). The number of esters is 1. The molecule has 0 aliphatic carbocycles. The number of rotatable bonds is 1. The molecular weight excluding hydrogens is 242 g/mol. The summed E-state index contributed by atoms with van der Waals surface area (Å²) in [6, 6.07) is 0. The van der Waals surface area contributed by atoms with E-state index in [1.165, 1.54) is 0 Å². The van der Waals surface area contributed by atoms with Crippen molar-refractivity contribution < 1.29 is 14.3 Å². The number of ether oxygens (including phenoxy) is 1. The van der Waals surface area contributed by atoms with Crippen LogP contribution in [0.15, 0.2) is 12.2 Å². The summed E-state index contributed by atoms with van der Waals surface area (Å²) < 4.78 is 5.42. The Morgan fingerprint density at radius 1 is 1.21 bits per heavy atom. The lowest BCUT2D eigenvalue weighted by Crippen LogP contribution is -2.23. The van der Waals surface area contributed by atoms with E-state index >= 15 is 0 Å². The molecule has 1 heterocycles. The van der Waals surface area contributed by atoms with Crippen LogP contribution in [0.25, 0.3) is 0 Å². The van der Waals surface area contributed by atoms with Gasteiger partial charge in [-0.2, -0.15) is 0 Å². The Morgan fingerprint density at radius 2 is 2.05 bits per heavy atom. The third kappa shape index (κ3) is 7.65. The van der Waals surface area contributed by atoms with Crippen LogP contribution in [0.2, 0.25) is 0 Å². The van der Waals surface area contributed by atoms with E-state index in [1.807, 2.05) is 13.0 Å². The van der Waals surface area contributed by atoms with Crippen molar-refractivity contribution in [2.75, 3.05) is 6.54 Å². The van der Waals surface area contributed by atoms with Crippen molar-refractivity contribution in [1.82, 2.24) is 5.32 Å². The predicted octanol–water partition coefficient (Wildman–Crippen LogP) is 2.72. The van der Waals surface area contributed by atoms with Gasteiger partial charge in [-0.25, -0.2) is 0 Å². The minimum absolute atomic E-state index is 0.0384. The van der Waals surface area contributed by atoms with Crippen molar-refractivity contribution in [3.05, 3.63) is 12.2 Å². The van der Waals surface area contributed by atoms with Crippen LogP contribution < -0.4 is 5.32 Å².